The highest BCUT2D eigenvalue weighted by atomic mass is 127. The number of halogens is 3. The van der Waals surface area contributed by atoms with Crippen LogP contribution in [-0.4, -0.2) is 36.1 Å². The lowest BCUT2D eigenvalue weighted by Crippen LogP contribution is -2.39. The van der Waals surface area contributed by atoms with Crippen LogP contribution in [0.25, 0.3) is 0 Å². The summed E-state index contributed by atoms with van der Waals surface area (Å²) in [7, 11) is 1.85. The zero-order valence-electron chi connectivity index (χ0n) is 16.6. The summed E-state index contributed by atoms with van der Waals surface area (Å²) in [6.45, 7) is 5.65. The Kier molecular flexibility index (Phi) is 11.2. The van der Waals surface area contributed by atoms with Crippen LogP contribution in [0.5, 0.6) is 5.75 Å². The van der Waals surface area contributed by atoms with Gasteiger partial charge in [0.25, 0.3) is 0 Å². The van der Waals surface area contributed by atoms with E-state index in [0.29, 0.717) is 47.3 Å². The molecule has 3 N–H and O–H groups in total. The molecular formula is C19H26Cl2IN5O2. The highest BCUT2D eigenvalue weighted by molar-refractivity contribution is 14.0. The standard InChI is InChI=1S/C19H25Cl2N5O2.HI/c1-4-22-19(24-12-15-11-17(20)18(21)26(15)3)23-8-9-28-16-7-5-6-14(10-16)25-13(2)27;/h5-7,10-11H,4,8-9,12H2,1-3H3,(H,25,27)(H2,22,23,24);1H. The minimum absolute atomic E-state index is 0. The van der Waals surface area contributed by atoms with Crippen molar-refractivity contribution in [3.05, 3.63) is 46.2 Å². The van der Waals surface area contributed by atoms with Crippen molar-refractivity contribution in [1.82, 2.24) is 15.2 Å². The molecule has 10 heteroatoms. The van der Waals surface area contributed by atoms with Crippen LogP contribution < -0.4 is 20.7 Å². The number of aromatic nitrogens is 1. The van der Waals surface area contributed by atoms with Gasteiger partial charge in [0.2, 0.25) is 5.91 Å². The molecule has 0 radical (unpaired) electrons. The van der Waals surface area contributed by atoms with Crippen molar-refractivity contribution in [1.29, 1.82) is 0 Å². The van der Waals surface area contributed by atoms with E-state index >= 15 is 0 Å². The van der Waals surface area contributed by atoms with Gasteiger partial charge in [-0.1, -0.05) is 29.3 Å². The predicted octanol–water partition coefficient (Wildman–Crippen LogP) is 4.04. The Morgan fingerprint density at radius 2 is 2.00 bits per heavy atom. The Morgan fingerprint density at radius 3 is 2.62 bits per heavy atom. The Labute approximate surface area is 198 Å². The number of aliphatic imine (C=N–C) groups is 1. The van der Waals surface area contributed by atoms with Crippen LogP contribution in [-0.2, 0) is 18.4 Å². The first-order valence-electron chi connectivity index (χ1n) is 8.93. The second-order valence-electron chi connectivity index (χ2n) is 6.01. The second-order valence-corrected chi connectivity index (χ2v) is 6.78. The van der Waals surface area contributed by atoms with Crippen LogP contribution in [0.1, 0.15) is 19.5 Å². The van der Waals surface area contributed by atoms with E-state index in [0.717, 1.165) is 12.2 Å². The van der Waals surface area contributed by atoms with Gasteiger partial charge in [0, 0.05) is 38.0 Å². The Hall–Kier alpha value is -1.65. The average molecular weight is 554 g/mol. The van der Waals surface area contributed by atoms with Crippen LogP contribution in [0.3, 0.4) is 0 Å². The number of carbonyl (C=O) groups excluding carboxylic acids is 1. The lowest BCUT2D eigenvalue weighted by atomic mass is 10.3. The maximum absolute atomic E-state index is 11.1. The van der Waals surface area contributed by atoms with E-state index in [9.17, 15) is 4.79 Å². The third-order valence-electron chi connectivity index (χ3n) is 3.78. The number of amides is 1. The summed E-state index contributed by atoms with van der Waals surface area (Å²) in [6.07, 6.45) is 0. The van der Waals surface area contributed by atoms with Crippen LogP contribution in [0, 0.1) is 0 Å². The fourth-order valence-electron chi connectivity index (χ4n) is 2.45. The predicted molar refractivity (Wildman–Crippen MR) is 130 cm³/mol. The molecule has 0 atom stereocenters. The topological polar surface area (TPSA) is 79.7 Å². The fraction of sp³-hybridized carbons (Fsp3) is 0.368. The van der Waals surface area contributed by atoms with E-state index in [1.807, 2.05) is 42.8 Å². The molecule has 0 aliphatic heterocycles. The van der Waals surface area contributed by atoms with E-state index in [1.54, 1.807) is 6.07 Å². The zero-order valence-corrected chi connectivity index (χ0v) is 20.4. The van der Waals surface area contributed by atoms with Crippen molar-refractivity contribution in [2.24, 2.45) is 12.0 Å². The van der Waals surface area contributed by atoms with E-state index in [2.05, 4.69) is 20.9 Å². The largest absolute Gasteiger partial charge is 0.492 e. The molecule has 0 saturated heterocycles. The maximum Gasteiger partial charge on any atom is 0.221 e. The van der Waals surface area contributed by atoms with Crippen molar-refractivity contribution in [3.63, 3.8) is 0 Å². The molecule has 0 fully saturated rings. The van der Waals surface area contributed by atoms with Crippen molar-refractivity contribution in [3.8, 4) is 5.75 Å². The fourth-order valence-corrected chi connectivity index (χ4v) is 2.86. The summed E-state index contributed by atoms with van der Waals surface area (Å²) in [5.41, 5.74) is 1.62. The molecule has 29 heavy (non-hydrogen) atoms. The number of guanidine groups is 1. The summed E-state index contributed by atoms with van der Waals surface area (Å²) in [4.78, 5) is 15.7. The second kappa shape index (κ2) is 12.8. The van der Waals surface area contributed by atoms with Gasteiger partial charge in [0.15, 0.2) is 5.96 Å². The van der Waals surface area contributed by atoms with E-state index in [1.165, 1.54) is 6.92 Å². The molecule has 0 bridgehead atoms. The molecule has 0 aliphatic rings. The van der Waals surface area contributed by atoms with Gasteiger partial charge < -0.3 is 25.3 Å². The average Bonchev–Trinajstić information content (AvgIpc) is 2.89. The van der Waals surface area contributed by atoms with Gasteiger partial charge in [-0.2, -0.15) is 0 Å². The lowest BCUT2D eigenvalue weighted by Gasteiger charge is -2.13. The smallest absolute Gasteiger partial charge is 0.221 e. The summed E-state index contributed by atoms with van der Waals surface area (Å²) in [5, 5.41) is 10.1. The molecule has 2 aromatic rings. The maximum atomic E-state index is 11.1. The van der Waals surface area contributed by atoms with Crippen molar-refractivity contribution >= 4 is 64.7 Å². The summed E-state index contributed by atoms with van der Waals surface area (Å²) in [6, 6.07) is 9.07. The van der Waals surface area contributed by atoms with Gasteiger partial charge in [-0.05, 0) is 25.1 Å². The number of benzene rings is 1. The van der Waals surface area contributed by atoms with Gasteiger partial charge in [0.05, 0.1) is 18.1 Å². The minimum atomic E-state index is -0.119. The number of anilines is 1. The van der Waals surface area contributed by atoms with Gasteiger partial charge in [-0.15, -0.1) is 24.0 Å². The monoisotopic (exact) mass is 553 g/mol. The molecule has 0 unspecified atom stereocenters. The van der Waals surface area contributed by atoms with E-state index in [-0.39, 0.29) is 29.9 Å². The number of hydrogen-bond acceptors (Lipinski definition) is 3. The Morgan fingerprint density at radius 1 is 1.24 bits per heavy atom. The Balaban J connectivity index is 0.00000420. The minimum Gasteiger partial charge on any atom is -0.492 e. The van der Waals surface area contributed by atoms with Crippen molar-refractivity contribution < 1.29 is 9.53 Å². The van der Waals surface area contributed by atoms with Crippen LogP contribution in [0.15, 0.2) is 35.3 Å². The molecule has 2 rings (SSSR count). The first kappa shape index (κ1) is 25.4. The van der Waals surface area contributed by atoms with Gasteiger partial charge in [-0.25, -0.2) is 4.99 Å². The van der Waals surface area contributed by atoms with Gasteiger partial charge >= 0.3 is 0 Å². The molecule has 0 spiro atoms. The highest BCUT2D eigenvalue weighted by Gasteiger charge is 2.08. The number of hydrogen-bond donors (Lipinski definition) is 3. The highest BCUT2D eigenvalue weighted by Crippen LogP contribution is 2.25. The number of rotatable bonds is 8. The number of nitrogens with zero attached hydrogens (tertiary/aromatic N) is 2. The number of nitrogens with one attached hydrogen (secondary N) is 3. The normalized spacial score (nSPS) is 10.9. The molecule has 160 valence electrons. The first-order chi connectivity index (χ1) is 13.4. The third-order valence-corrected chi connectivity index (χ3v) is 4.62. The van der Waals surface area contributed by atoms with Gasteiger partial charge in [-0.3, -0.25) is 4.79 Å². The quantitative estimate of drug-likeness (QED) is 0.199. The lowest BCUT2D eigenvalue weighted by molar-refractivity contribution is -0.114. The SMILES string of the molecule is CCNC(=NCc1cc(Cl)c(Cl)n1C)NCCOc1cccc(NC(C)=O)c1.I. The summed E-state index contributed by atoms with van der Waals surface area (Å²) < 4.78 is 7.53. The van der Waals surface area contributed by atoms with Crippen molar-refractivity contribution in [2.45, 2.75) is 20.4 Å². The first-order valence-corrected chi connectivity index (χ1v) is 9.68. The molecule has 1 aromatic carbocycles. The molecule has 1 amide bonds. The molecule has 1 aromatic heterocycles. The molecule has 0 saturated carbocycles. The molecule has 7 nitrogen and oxygen atoms in total. The number of ether oxygens (including phenoxy) is 1. The Bertz CT molecular complexity index is 842. The molecule has 0 aliphatic carbocycles. The van der Waals surface area contributed by atoms with Crippen LogP contribution >= 0.6 is 47.2 Å². The van der Waals surface area contributed by atoms with Crippen molar-refractivity contribution in [2.75, 3.05) is 25.0 Å². The summed E-state index contributed by atoms with van der Waals surface area (Å²) in [5.74, 6) is 1.24. The molecule has 1 heterocycles. The number of carbonyl (C=O) groups is 1. The summed E-state index contributed by atoms with van der Waals surface area (Å²) >= 11 is 12.1. The zero-order chi connectivity index (χ0) is 20.5. The van der Waals surface area contributed by atoms with E-state index in [4.69, 9.17) is 27.9 Å². The van der Waals surface area contributed by atoms with Gasteiger partial charge in [0.1, 0.15) is 17.5 Å². The van der Waals surface area contributed by atoms with Crippen LogP contribution in [0.2, 0.25) is 10.2 Å². The van der Waals surface area contributed by atoms with E-state index < -0.39 is 0 Å². The van der Waals surface area contributed by atoms with Crippen LogP contribution in [0.4, 0.5) is 5.69 Å². The third kappa shape index (κ3) is 8.31. The molecular weight excluding hydrogens is 528 g/mol.